The molecule has 5 rings (SSSR count). The average Bonchev–Trinajstić information content (AvgIpc) is 3.61. The van der Waals surface area contributed by atoms with Crippen LogP contribution in [-0.2, 0) is 12.8 Å². The summed E-state index contributed by atoms with van der Waals surface area (Å²) in [6.07, 6.45) is 10.5. The Bertz CT molecular complexity index is 1280. The van der Waals surface area contributed by atoms with E-state index in [1.807, 2.05) is 0 Å². The lowest BCUT2D eigenvalue weighted by atomic mass is 9.91. The molecule has 5 heteroatoms. The standard InChI is InChI=1S/C37H49N5/c1-24(2)30-14-10-15-31(25(3)4)36(30)41-20-18-38-34(41)22-28-12-9-13-29(40-28)23-35-39-19-21-42(35)37-32(26(5)6)16-11-17-33(37)27(7)8/h9-21,24-27,34-35,38-39H,22-23H2,1-8H3. The average molecular weight is 564 g/mol. The van der Waals surface area contributed by atoms with Gasteiger partial charge in [-0.05, 0) is 58.1 Å². The van der Waals surface area contributed by atoms with Crippen molar-refractivity contribution >= 4 is 11.4 Å². The molecule has 0 saturated carbocycles. The quantitative estimate of drug-likeness (QED) is 0.259. The molecule has 222 valence electrons. The van der Waals surface area contributed by atoms with Crippen LogP contribution in [0.25, 0.3) is 0 Å². The van der Waals surface area contributed by atoms with Gasteiger partial charge in [0.25, 0.3) is 0 Å². The monoisotopic (exact) mass is 563 g/mol. The van der Waals surface area contributed by atoms with Crippen LogP contribution in [0.3, 0.4) is 0 Å². The Balaban J connectivity index is 1.38. The first-order chi connectivity index (χ1) is 20.2. The Hall–Kier alpha value is -3.73. The molecule has 3 aromatic rings. The zero-order valence-electron chi connectivity index (χ0n) is 26.7. The Morgan fingerprint density at radius 1 is 0.548 bits per heavy atom. The number of hydrogen-bond acceptors (Lipinski definition) is 5. The Morgan fingerprint density at radius 2 is 0.881 bits per heavy atom. The topological polar surface area (TPSA) is 43.4 Å². The van der Waals surface area contributed by atoms with E-state index < -0.39 is 0 Å². The van der Waals surface area contributed by atoms with Crippen molar-refractivity contribution in [3.63, 3.8) is 0 Å². The first-order valence-electron chi connectivity index (χ1n) is 15.8. The van der Waals surface area contributed by atoms with E-state index in [1.54, 1.807) is 0 Å². The van der Waals surface area contributed by atoms with Crippen LogP contribution in [0.5, 0.6) is 0 Å². The molecule has 42 heavy (non-hydrogen) atoms. The smallest absolute Gasteiger partial charge is 0.108 e. The molecule has 0 amide bonds. The van der Waals surface area contributed by atoms with E-state index in [-0.39, 0.29) is 12.3 Å². The number of hydrogen-bond donors (Lipinski definition) is 2. The molecule has 2 atom stereocenters. The molecular formula is C37H49N5. The number of rotatable bonds is 10. The number of nitrogens with zero attached hydrogens (tertiary/aromatic N) is 3. The highest BCUT2D eigenvalue weighted by Gasteiger charge is 2.29. The summed E-state index contributed by atoms with van der Waals surface area (Å²) in [6.45, 7) is 18.3. The van der Waals surface area contributed by atoms with Gasteiger partial charge in [0, 0.05) is 60.4 Å². The van der Waals surface area contributed by atoms with Crippen LogP contribution in [0.2, 0.25) is 0 Å². The van der Waals surface area contributed by atoms with Gasteiger partial charge in [-0.2, -0.15) is 0 Å². The molecule has 0 spiro atoms. The molecule has 2 aliphatic heterocycles. The van der Waals surface area contributed by atoms with Crippen LogP contribution in [-0.4, -0.2) is 17.3 Å². The van der Waals surface area contributed by atoms with E-state index in [0.29, 0.717) is 23.7 Å². The molecule has 0 saturated heterocycles. The Morgan fingerprint density at radius 3 is 1.21 bits per heavy atom. The number of para-hydroxylation sites is 2. The minimum atomic E-state index is 0.124. The molecule has 2 unspecified atom stereocenters. The second-order valence-corrected chi connectivity index (χ2v) is 13.0. The highest BCUT2D eigenvalue weighted by Crippen LogP contribution is 2.39. The van der Waals surface area contributed by atoms with E-state index in [4.69, 9.17) is 4.98 Å². The normalized spacial score (nSPS) is 18.2. The van der Waals surface area contributed by atoms with Crippen molar-refractivity contribution in [3.8, 4) is 0 Å². The lowest BCUT2D eigenvalue weighted by molar-refractivity contribution is 0.589. The number of nitrogens with one attached hydrogen (secondary N) is 2. The Labute approximate surface area is 253 Å². The maximum absolute atomic E-state index is 5.20. The largest absolute Gasteiger partial charge is 0.369 e. The van der Waals surface area contributed by atoms with Gasteiger partial charge in [0.15, 0.2) is 0 Å². The lowest BCUT2D eigenvalue weighted by Crippen LogP contribution is -2.39. The van der Waals surface area contributed by atoms with E-state index in [9.17, 15) is 0 Å². The summed E-state index contributed by atoms with van der Waals surface area (Å²) >= 11 is 0. The highest BCUT2D eigenvalue weighted by molar-refractivity contribution is 5.66. The fraction of sp³-hybridized carbons (Fsp3) is 0.432. The molecular weight excluding hydrogens is 514 g/mol. The first-order valence-corrected chi connectivity index (χ1v) is 15.8. The van der Waals surface area contributed by atoms with Gasteiger partial charge < -0.3 is 20.4 Å². The van der Waals surface area contributed by atoms with Crippen LogP contribution in [0.15, 0.2) is 79.4 Å². The second kappa shape index (κ2) is 12.6. The molecule has 5 nitrogen and oxygen atoms in total. The molecule has 0 bridgehead atoms. The van der Waals surface area contributed by atoms with Gasteiger partial charge in [-0.15, -0.1) is 0 Å². The van der Waals surface area contributed by atoms with Gasteiger partial charge >= 0.3 is 0 Å². The predicted molar refractivity (Wildman–Crippen MR) is 178 cm³/mol. The lowest BCUT2D eigenvalue weighted by Gasteiger charge is -2.32. The third kappa shape index (κ3) is 6.06. The van der Waals surface area contributed by atoms with Gasteiger partial charge in [0.05, 0.1) is 0 Å². The van der Waals surface area contributed by atoms with Crippen LogP contribution in [0.4, 0.5) is 11.4 Å². The highest BCUT2D eigenvalue weighted by atomic mass is 15.3. The van der Waals surface area contributed by atoms with Crippen LogP contribution >= 0.6 is 0 Å². The Kier molecular flexibility index (Phi) is 8.96. The minimum Gasteiger partial charge on any atom is -0.369 e. The van der Waals surface area contributed by atoms with Crippen LogP contribution in [0, 0.1) is 0 Å². The SMILES string of the molecule is CC(C)c1cccc(C(C)C)c1N1C=CNC1Cc1cccc(CC2NC=CN2c2c(C(C)C)cccc2C(C)C)n1. The molecule has 2 aliphatic rings. The summed E-state index contributed by atoms with van der Waals surface area (Å²) in [7, 11) is 0. The summed E-state index contributed by atoms with van der Waals surface area (Å²) in [5.41, 5.74) is 10.5. The zero-order valence-corrected chi connectivity index (χ0v) is 26.7. The van der Waals surface area contributed by atoms with Crippen molar-refractivity contribution in [1.29, 1.82) is 0 Å². The summed E-state index contributed by atoms with van der Waals surface area (Å²) in [5, 5.41) is 7.23. The van der Waals surface area contributed by atoms with Crippen LogP contribution in [0.1, 0.15) is 113 Å². The van der Waals surface area contributed by atoms with Crippen molar-refractivity contribution in [2.24, 2.45) is 0 Å². The van der Waals surface area contributed by atoms with Crippen molar-refractivity contribution in [3.05, 3.63) is 113 Å². The van der Waals surface area contributed by atoms with E-state index >= 15 is 0 Å². The fourth-order valence-electron chi connectivity index (χ4n) is 6.39. The minimum absolute atomic E-state index is 0.124. The molecule has 0 fully saturated rings. The van der Waals surface area contributed by atoms with Gasteiger partial charge in [0.1, 0.15) is 12.3 Å². The van der Waals surface area contributed by atoms with Gasteiger partial charge in [-0.3, -0.25) is 4.98 Å². The molecule has 3 heterocycles. The summed E-state index contributed by atoms with van der Waals surface area (Å²) in [5.74, 6) is 1.79. The number of benzene rings is 2. The number of aromatic nitrogens is 1. The molecule has 2 N–H and O–H groups in total. The second-order valence-electron chi connectivity index (χ2n) is 13.0. The number of pyridine rings is 1. The van der Waals surface area contributed by atoms with E-state index in [1.165, 1.54) is 33.6 Å². The fourth-order valence-corrected chi connectivity index (χ4v) is 6.39. The summed E-state index contributed by atoms with van der Waals surface area (Å²) < 4.78 is 0. The molecule has 2 aromatic carbocycles. The molecule has 0 aliphatic carbocycles. The molecule has 0 radical (unpaired) electrons. The van der Waals surface area contributed by atoms with E-state index in [0.717, 1.165) is 24.2 Å². The van der Waals surface area contributed by atoms with Gasteiger partial charge in [-0.1, -0.05) is 97.9 Å². The van der Waals surface area contributed by atoms with E-state index in [2.05, 4.69) is 155 Å². The van der Waals surface area contributed by atoms with Crippen molar-refractivity contribution in [2.75, 3.05) is 9.80 Å². The summed E-state index contributed by atoms with van der Waals surface area (Å²) in [4.78, 5) is 10.1. The van der Waals surface area contributed by atoms with Crippen molar-refractivity contribution in [1.82, 2.24) is 15.6 Å². The predicted octanol–water partition coefficient (Wildman–Crippen LogP) is 8.47. The third-order valence-corrected chi connectivity index (χ3v) is 8.59. The van der Waals surface area contributed by atoms with Gasteiger partial charge in [0.2, 0.25) is 0 Å². The zero-order chi connectivity index (χ0) is 30.0. The number of anilines is 2. The summed E-state index contributed by atoms with van der Waals surface area (Å²) in [6, 6.07) is 20.1. The van der Waals surface area contributed by atoms with Crippen molar-refractivity contribution in [2.45, 2.75) is 104 Å². The van der Waals surface area contributed by atoms with Crippen LogP contribution < -0.4 is 20.4 Å². The first kappa shape index (κ1) is 29.8. The molecule has 1 aromatic heterocycles. The van der Waals surface area contributed by atoms with Gasteiger partial charge in [-0.25, -0.2) is 0 Å². The maximum Gasteiger partial charge on any atom is 0.108 e. The maximum atomic E-state index is 5.20. The van der Waals surface area contributed by atoms with Crippen molar-refractivity contribution < 1.29 is 0 Å². The third-order valence-electron chi connectivity index (χ3n) is 8.59.